The number of aromatic nitrogens is 3. The summed E-state index contributed by atoms with van der Waals surface area (Å²) < 4.78 is 7.74. The highest BCUT2D eigenvalue weighted by Crippen LogP contribution is 2.21. The van der Waals surface area contributed by atoms with Crippen LogP contribution < -0.4 is 10.6 Å². The molecule has 0 unspecified atom stereocenters. The van der Waals surface area contributed by atoms with Crippen molar-refractivity contribution in [1.82, 2.24) is 25.2 Å². The van der Waals surface area contributed by atoms with Gasteiger partial charge in [0.25, 0.3) is 5.91 Å². The Balaban J connectivity index is 1.41. The van der Waals surface area contributed by atoms with E-state index in [1.165, 1.54) is 5.56 Å². The Bertz CT molecular complexity index is 964. The smallest absolute Gasteiger partial charge is 0.253 e. The molecule has 29 heavy (non-hydrogen) atoms. The summed E-state index contributed by atoms with van der Waals surface area (Å²) in [6.45, 7) is 3.09. The van der Waals surface area contributed by atoms with Crippen LogP contribution in [0.1, 0.15) is 28.8 Å². The molecule has 4 rings (SSSR count). The average molecular weight is 393 g/mol. The molecule has 0 aliphatic carbocycles. The van der Waals surface area contributed by atoms with Crippen LogP contribution in [0.5, 0.6) is 0 Å². The minimum Gasteiger partial charge on any atom is -0.376 e. The Morgan fingerprint density at radius 2 is 2.03 bits per heavy atom. The van der Waals surface area contributed by atoms with Gasteiger partial charge in [0.2, 0.25) is 0 Å². The van der Waals surface area contributed by atoms with Crippen molar-refractivity contribution in [1.29, 1.82) is 0 Å². The number of nitrogens with one attached hydrogen (secondary N) is 2. The molecule has 7 heteroatoms. The maximum Gasteiger partial charge on any atom is 0.253 e. The number of aryl methyl sites for hydroxylation is 2. The second-order valence-corrected chi connectivity index (χ2v) is 7.56. The van der Waals surface area contributed by atoms with Gasteiger partial charge in [0.15, 0.2) is 5.65 Å². The highest BCUT2D eigenvalue weighted by atomic mass is 16.5. The Morgan fingerprint density at radius 1 is 1.24 bits per heavy atom. The molecule has 0 bridgehead atoms. The van der Waals surface area contributed by atoms with E-state index in [1.807, 2.05) is 22.8 Å². The number of nitrogens with zero attached hydrogens (tertiary/aromatic N) is 3. The highest BCUT2D eigenvalue weighted by Gasteiger charge is 2.32. The summed E-state index contributed by atoms with van der Waals surface area (Å²) in [5.41, 5.74) is 3.02. The zero-order valence-electron chi connectivity index (χ0n) is 16.7. The largest absolute Gasteiger partial charge is 0.376 e. The van der Waals surface area contributed by atoms with Crippen LogP contribution in [0.3, 0.4) is 0 Å². The minimum atomic E-state index is -0.294. The van der Waals surface area contributed by atoms with Gasteiger partial charge in [-0.3, -0.25) is 4.79 Å². The number of hydrogen-bond donors (Lipinski definition) is 2. The van der Waals surface area contributed by atoms with E-state index < -0.39 is 0 Å². The molecule has 1 amide bonds. The first-order valence-electron chi connectivity index (χ1n) is 10.1. The third kappa shape index (κ3) is 4.46. The number of amides is 1. The third-order valence-electron chi connectivity index (χ3n) is 5.72. The first kappa shape index (κ1) is 19.5. The summed E-state index contributed by atoms with van der Waals surface area (Å²) in [7, 11) is 1.72. The fourth-order valence-corrected chi connectivity index (χ4v) is 3.81. The molecule has 2 aromatic heterocycles. The van der Waals surface area contributed by atoms with Gasteiger partial charge in [-0.25, -0.2) is 9.97 Å². The first-order chi connectivity index (χ1) is 14.2. The van der Waals surface area contributed by atoms with Crippen LogP contribution in [0, 0.1) is 0 Å². The van der Waals surface area contributed by atoms with Crippen molar-refractivity contribution in [3.8, 4) is 0 Å². The molecule has 3 heterocycles. The van der Waals surface area contributed by atoms with Gasteiger partial charge in [0, 0.05) is 26.4 Å². The van der Waals surface area contributed by atoms with E-state index in [-0.39, 0.29) is 11.5 Å². The molecular weight excluding hydrogens is 366 g/mol. The standard InChI is InChI=1S/C22H27N5O2/c1-29-22(8-10-23-11-9-22)15-25-21(28)18-13-19-20(24-14-18)27(16-26-19)12-7-17-5-3-2-4-6-17/h2-6,13-14,16,23H,7-12,15H2,1H3,(H,25,28). The number of rotatable bonds is 7. The van der Waals surface area contributed by atoms with Gasteiger partial charge in [-0.2, -0.15) is 0 Å². The molecular formula is C22H27N5O2. The molecule has 3 aromatic rings. The Kier molecular flexibility index (Phi) is 5.87. The highest BCUT2D eigenvalue weighted by molar-refractivity contribution is 5.96. The number of piperidine rings is 1. The molecule has 1 saturated heterocycles. The first-order valence-corrected chi connectivity index (χ1v) is 10.1. The van der Waals surface area contributed by atoms with E-state index >= 15 is 0 Å². The summed E-state index contributed by atoms with van der Waals surface area (Å²) >= 11 is 0. The maximum absolute atomic E-state index is 12.6. The molecule has 1 aliphatic rings. The maximum atomic E-state index is 12.6. The van der Waals surface area contributed by atoms with Gasteiger partial charge in [0.05, 0.1) is 17.5 Å². The Labute approximate surface area is 170 Å². The minimum absolute atomic E-state index is 0.145. The summed E-state index contributed by atoms with van der Waals surface area (Å²) in [5, 5.41) is 6.34. The molecule has 7 nitrogen and oxygen atoms in total. The fourth-order valence-electron chi connectivity index (χ4n) is 3.81. The second-order valence-electron chi connectivity index (χ2n) is 7.56. The summed E-state index contributed by atoms with van der Waals surface area (Å²) in [4.78, 5) is 21.6. The van der Waals surface area contributed by atoms with Crippen LogP contribution in [0.25, 0.3) is 11.2 Å². The van der Waals surface area contributed by atoms with Crippen molar-refractivity contribution >= 4 is 17.1 Å². The van der Waals surface area contributed by atoms with Gasteiger partial charge < -0.3 is 19.9 Å². The topological polar surface area (TPSA) is 81.1 Å². The van der Waals surface area contributed by atoms with Crippen LogP contribution in [0.4, 0.5) is 0 Å². The van der Waals surface area contributed by atoms with Crippen molar-refractivity contribution in [2.45, 2.75) is 31.4 Å². The van der Waals surface area contributed by atoms with Crippen molar-refractivity contribution in [3.63, 3.8) is 0 Å². The fraction of sp³-hybridized carbons (Fsp3) is 0.409. The predicted octanol–water partition coefficient (Wildman–Crippen LogP) is 2.17. The van der Waals surface area contributed by atoms with Crippen LogP contribution in [0.15, 0.2) is 48.9 Å². The lowest BCUT2D eigenvalue weighted by Crippen LogP contribution is -2.50. The van der Waals surface area contributed by atoms with E-state index in [0.717, 1.165) is 50.1 Å². The zero-order valence-corrected chi connectivity index (χ0v) is 16.7. The van der Waals surface area contributed by atoms with E-state index in [1.54, 1.807) is 25.7 Å². The SMILES string of the molecule is COC1(CNC(=O)c2cnc3c(c2)ncn3CCc2ccccc2)CCNCC1. The summed E-state index contributed by atoms with van der Waals surface area (Å²) in [6, 6.07) is 12.1. The number of methoxy groups -OCH3 is 1. The molecule has 2 N–H and O–H groups in total. The molecule has 1 fully saturated rings. The number of ether oxygens (including phenoxy) is 1. The average Bonchev–Trinajstić information content (AvgIpc) is 3.19. The van der Waals surface area contributed by atoms with E-state index in [0.29, 0.717) is 12.1 Å². The Hall–Kier alpha value is -2.77. The van der Waals surface area contributed by atoms with Crippen LogP contribution in [0.2, 0.25) is 0 Å². The van der Waals surface area contributed by atoms with Gasteiger partial charge in [-0.15, -0.1) is 0 Å². The number of fused-ring (bicyclic) bond motifs is 1. The van der Waals surface area contributed by atoms with Crippen LogP contribution in [-0.4, -0.2) is 52.8 Å². The zero-order chi connectivity index (χ0) is 20.1. The van der Waals surface area contributed by atoms with Crippen molar-refractivity contribution in [2.75, 3.05) is 26.7 Å². The predicted molar refractivity (Wildman–Crippen MR) is 112 cm³/mol. The number of carbonyl (C=O) groups excluding carboxylic acids is 1. The molecule has 0 atom stereocenters. The molecule has 0 spiro atoms. The van der Waals surface area contributed by atoms with Gasteiger partial charge in [0.1, 0.15) is 5.52 Å². The number of benzene rings is 1. The third-order valence-corrected chi connectivity index (χ3v) is 5.72. The molecule has 1 aromatic carbocycles. The van der Waals surface area contributed by atoms with Gasteiger partial charge >= 0.3 is 0 Å². The lowest BCUT2D eigenvalue weighted by Gasteiger charge is -2.36. The van der Waals surface area contributed by atoms with E-state index in [4.69, 9.17) is 4.74 Å². The Morgan fingerprint density at radius 3 is 2.79 bits per heavy atom. The van der Waals surface area contributed by atoms with Crippen molar-refractivity contribution in [3.05, 3.63) is 60.0 Å². The van der Waals surface area contributed by atoms with Crippen LogP contribution >= 0.6 is 0 Å². The molecule has 0 saturated carbocycles. The number of pyridine rings is 1. The van der Waals surface area contributed by atoms with Crippen molar-refractivity contribution < 1.29 is 9.53 Å². The number of carbonyl (C=O) groups is 1. The van der Waals surface area contributed by atoms with Crippen LogP contribution in [-0.2, 0) is 17.7 Å². The quantitative estimate of drug-likeness (QED) is 0.643. The molecule has 152 valence electrons. The lowest BCUT2D eigenvalue weighted by molar-refractivity contribution is -0.0312. The number of hydrogen-bond acceptors (Lipinski definition) is 5. The monoisotopic (exact) mass is 393 g/mol. The van der Waals surface area contributed by atoms with E-state index in [2.05, 4.69) is 32.7 Å². The number of imidazole rings is 1. The molecule has 0 radical (unpaired) electrons. The lowest BCUT2D eigenvalue weighted by atomic mass is 9.92. The summed E-state index contributed by atoms with van der Waals surface area (Å²) in [6.07, 6.45) is 6.08. The summed E-state index contributed by atoms with van der Waals surface area (Å²) in [5.74, 6) is -0.145. The van der Waals surface area contributed by atoms with Gasteiger partial charge in [-0.1, -0.05) is 30.3 Å². The second kappa shape index (κ2) is 8.71. The normalized spacial score (nSPS) is 16.0. The van der Waals surface area contributed by atoms with Gasteiger partial charge in [-0.05, 0) is 44.0 Å². The van der Waals surface area contributed by atoms with E-state index in [9.17, 15) is 4.79 Å². The van der Waals surface area contributed by atoms with Crippen molar-refractivity contribution in [2.24, 2.45) is 0 Å². The molecule has 1 aliphatic heterocycles.